The summed E-state index contributed by atoms with van der Waals surface area (Å²) in [6.45, 7) is 2.18. The number of imidazole rings is 1. The molecule has 2 N–H and O–H groups in total. The molecule has 1 fully saturated rings. The number of hydrogen-bond acceptors (Lipinski definition) is 5. The fourth-order valence-corrected chi connectivity index (χ4v) is 4.42. The third-order valence-electron chi connectivity index (χ3n) is 5.95. The number of benzene rings is 2. The van der Waals surface area contributed by atoms with E-state index in [1.165, 1.54) is 30.5 Å². The number of rotatable bonds is 7. The van der Waals surface area contributed by atoms with Crippen LogP contribution in [0.15, 0.2) is 54.7 Å². The molecular formula is C25H27FN6. The molecule has 0 saturated heterocycles. The van der Waals surface area contributed by atoms with Crippen LogP contribution in [0.1, 0.15) is 50.6 Å². The first-order valence-electron chi connectivity index (χ1n) is 11.3. The molecule has 32 heavy (non-hydrogen) atoms. The van der Waals surface area contributed by atoms with Crippen LogP contribution in [-0.2, 0) is 6.42 Å². The first-order chi connectivity index (χ1) is 15.7. The Labute approximate surface area is 186 Å². The number of aryl methyl sites for hydroxylation is 1. The van der Waals surface area contributed by atoms with E-state index in [2.05, 4.69) is 51.4 Å². The summed E-state index contributed by atoms with van der Waals surface area (Å²) in [4.78, 5) is 14.0. The van der Waals surface area contributed by atoms with Gasteiger partial charge in [0.1, 0.15) is 11.3 Å². The number of nitrogens with zero attached hydrogens (tertiary/aromatic N) is 4. The van der Waals surface area contributed by atoms with Gasteiger partial charge in [-0.05, 0) is 55.2 Å². The monoisotopic (exact) mass is 430 g/mol. The lowest BCUT2D eigenvalue weighted by Crippen LogP contribution is -2.10. The van der Waals surface area contributed by atoms with Crippen LogP contribution in [-0.4, -0.2) is 19.5 Å². The second-order valence-corrected chi connectivity index (χ2v) is 8.35. The zero-order chi connectivity index (χ0) is 21.9. The Bertz CT molecular complexity index is 1210. The number of nitrogens with one attached hydrogen (secondary N) is 2. The summed E-state index contributed by atoms with van der Waals surface area (Å²) >= 11 is 0. The van der Waals surface area contributed by atoms with Crippen molar-refractivity contribution in [2.24, 2.45) is 0 Å². The molecule has 0 unspecified atom stereocenters. The van der Waals surface area contributed by atoms with Crippen molar-refractivity contribution in [2.45, 2.75) is 51.5 Å². The number of halogens is 1. The zero-order valence-electron chi connectivity index (χ0n) is 18.2. The van der Waals surface area contributed by atoms with E-state index in [-0.39, 0.29) is 5.82 Å². The van der Waals surface area contributed by atoms with Crippen molar-refractivity contribution in [2.75, 3.05) is 10.6 Å². The van der Waals surface area contributed by atoms with E-state index in [9.17, 15) is 4.39 Å². The van der Waals surface area contributed by atoms with E-state index in [1.54, 1.807) is 12.3 Å². The minimum Gasteiger partial charge on any atom is -0.325 e. The average Bonchev–Trinajstić information content (AvgIpc) is 3.42. The van der Waals surface area contributed by atoms with Crippen molar-refractivity contribution < 1.29 is 4.39 Å². The number of fused-ring (bicyclic) bond motifs is 1. The fourth-order valence-electron chi connectivity index (χ4n) is 4.42. The van der Waals surface area contributed by atoms with Gasteiger partial charge in [0.25, 0.3) is 0 Å². The fraction of sp³-hybridized carbons (Fsp3) is 0.320. The molecule has 0 amide bonds. The highest BCUT2D eigenvalue weighted by atomic mass is 19.1. The minimum absolute atomic E-state index is 0.283. The smallest absolute Gasteiger partial charge is 0.229 e. The summed E-state index contributed by atoms with van der Waals surface area (Å²) in [5.74, 6) is 0.930. The highest BCUT2D eigenvalue weighted by Crippen LogP contribution is 2.36. The largest absolute Gasteiger partial charge is 0.325 e. The van der Waals surface area contributed by atoms with Crippen molar-refractivity contribution in [3.8, 4) is 0 Å². The zero-order valence-corrected chi connectivity index (χ0v) is 18.2. The molecule has 2 aromatic carbocycles. The molecule has 1 aliphatic carbocycles. The number of anilines is 4. The van der Waals surface area contributed by atoms with E-state index in [0.29, 0.717) is 23.6 Å². The minimum atomic E-state index is -0.283. The van der Waals surface area contributed by atoms with Gasteiger partial charge in [-0.25, -0.2) is 14.4 Å². The van der Waals surface area contributed by atoms with Gasteiger partial charge in [0.2, 0.25) is 11.9 Å². The molecule has 6 nitrogen and oxygen atoms in total. The quantitative estimate of drug-likeness (QED) is 0.349. The van der Waals surface area contributed by atoms with Crippen LogP contribution < -0.4 is 10.6 Å². The molecule has 1 saturated carbocycles. The predicted molar refractivity (Wildman–Crippen MR) is 126 cm³/mol. The molecule has 5 rings (SSSR count). The first kappa shape index (κ1) is 20.4. The Morgan fingerprint density at radius 1 is 1.00 bits per heavy atom. The topological polar surface area (TPSA) is 67.7 Å². The average molecular weight is 431 g/mol. The number of hydrogen-bond donors (Lipinski definition) is 2. The Balaban J connectivity index is 1.49. The maximum absolute atomic E-state index is 13.7. The van der Waals surface area contributed by atoms with Crippen LogP contribution in [0.2, 0.25) is 0 Å². The SMILES string of the molecule is CCCc1ccc(Nc2ncc3nc(Nc4cccc(F)c4)n(C4CCCC4)c3n2)cc1. The van der Waals surface area contributed by atoms with Crippen molar-refractivity contribution in [3.05, 3.63) is 66.1 Å². The molecule has 4 aromatic rings. The summed E-state index contributed by atoms with van der Waals surface area (Å²) < 4.78 is 15.9. The van der Waals surface area contributed by atoms with Crippen molar-refractivity contribution >= 4 is 34.4 Å². The van der Waals surface area contributed by atoms with Gasteiger partial charge in [-0.15, -0.1) is 0 Å². The summed E-state index contributed by atoms with van der Waals surface area (Å²) in [5, 5.41) is 6.61. The second-order valence-electron chi connectivity index (χ2n) is 8.35. The van der Waals surface area contributed by atoms with Crippen molar-refractivity contribution in [1.29, 1.82) is 0 Å². The van der Waals surface area contributed by atoms with Crippen LogP contribution in [0.3, 0.4) is 0 Å². The maximum Gasteiger partial charge on any atom is 0.229 e. The van der Waals surface area contributed by atoms with E-state index in [0.717, 1.165) is 42.5 Å². The Morgan fingerprint density at radius 3 is 2.56 bits per heavy atom. The van der Waals surface area contributed by atoms with E-state index in [4.69, 9.17) is 9.97 Å². The highest BCUT2D eigenvalue weighted by Gasteiger charge is 2.24. The lowest BCUT2D eigenvalue weighted by atomic mass is 10.1. The molecule has 0 spiro atoms. The molecule has 7 heteroatoms. The summed E-state index contributed by atoms with van der Waals surface area (Å²) in [6.07, 6.45) is 8.48. The van der Waals surface area contributed by atoms with Gasteiger partial charge in [-0.2, -0.15) is 4.98 Å². The van der Waals surface area contributed by atoms with Crippen LogP contribution in [0.25, 0.3) is 11.2 Å². The van der Waals surface area contributed by atoms with Crippen LogP contribution >= 0.6 is 0 Å². The van der Waals surface area contributed by atoms with Gasteiger partial charge in [-0.1, -0.05) is 44.4 Å². The van der Waals surface area contributed by atoms with Crippen LogP contribution in [0, 0.1) is 5.82 Å². The maximum atomic E-state index is 13.7. The summed E-state index contributed by atoms with van der Waals surface area (Å²) in [5.41, 5.74) is 4.45. The predicted octanol–water partition coefficient (Wildman–Crippen LogP) is 6.52. The van der Waals surface area contributed by atoms with Crippen molar-refractivity contribution in [1.82, 2.24) is 19.5 Å². The van der Waals surface area contributed by atoms with Gasteiger partial charge in [0.05, 0.1) is 6.20 Å². The molecule has 1 aliphatic rings. The molecule has 2 heterocycles. The second kappa shape index (κ2) is 8.94. The van der Waals surface area contributed by atoms with E-state index < -0.39 is 0 Å². The van der Waals surface area contributed by atoms with E-state index in [1.807, 2.05) is 6.07 Å². The van der Waals surface area contributed by atoms with E-state index >= 15 is 0 Å². The van der Waals surface area contributed by atoms with Gasteiger partial charge in [0, 0.05) is 17.4 Å². The molecule has 2 aromatic heterocycles. The molecule has 0 atom stereocenters. The van der Waals surface area contributed by atoms with Gasteiger partial charge in [-0.3, -0.25) is 4.57 Å². The third kappa shape index (κ3) is 4.28. The van der Waals surface area contributed by atoms with Crippen LogP contribution in [0.5, 0.6) is 0 Å². The first-order valence-corrected chi connectivity index (χ1v) is 11.3. The van der Waals surface area contributed by atoms with Gasteiger partial charge in [0.15, 0.2) is 5.65 Å². The number of aromatic nitrogens is 4. The third-order valence-corrected chi connectivity index (χ3v) is 5.95. The Hall–Kier alpha value is -3.48. The standard InChI is InChI=1S/C25H27FN6/c1-2-6-17-11-13-19(14-12-17)28-24-27-16-22-23(31-24)32(21-9-3-4-10-21)25(30-22)29-20-8-5-7-18(26)15-20/h5,7-8,11-16,21H,2-4,6,9-10H2,1H3,(H,29,30)(H,27,28,31). The summed E-state index contributed by atoms with van der Waals surface area (Å²) in [7, 11) is 0. The molecule has 0 bridgehead atoms. The highest BCUT2D eigenvalue weighted by molar-refractivity contribution is 5.77. The molecule has 0 aliphatic heterocycles. The van der Waals surface area contributed by atoms with Gasteiger partial charge < -0.3 is 10.6 Å². The Morgan fingerprint density at radius 2 is 1.81 bits per heavy atom. The summed E-state index contributed by atoms with van der Waals surface area (Å²) in [6, 6.07) is 15.1. The van der Waals surface area contributed by atoms with Crippen LogP contribution in [0.4, 0.5) is 27.7 Å². The Kier molecular flexibility index (Phi) is 5.71. The normalized spacial score (nSPS) is 14.2. The lowest BCUT2D eigenvalue weighted by Gasteiger charge is -2.16. The molecular weight excluding hydrogens is 403 g/mol. The van der Waals surface area contributed by atoms with Gasteiger partial charge >= 0.3 is 0 Å². The molecule has 164 valence electrons. The lowest BCUT2D eigenvalue weighted by molar-refractivity contribution is 0.535. The van der Waals surface area contributed by atoms with Crippen molar-refractivity contribution in [3.63, 3.8) is 0 Å². The molecule has 0 radical (unpaired) electrons.